The number of hydrogen-bond donors (Lipinski definition) is 2. The molecule has 0 aliphatic carbocycles. The van der Waals surface area contributed by atoms with Crippen molar-refractivity contribution in [1.29, 1.82) is 0 Å². The number of benzene rings is 1. The zero-order valence-corrected chi connectivity index (χ0v) is 14.6. The quantitative estimate of drug-likeness (QED) is 0.860. The summed E-state index contributed by atoms with van der Waals surface area (Å²) >= 11 is 0. The normalized spacial score (nSPS) is 23.5. The second-order valence-electron chi connectivity index (χ2n) is 6.01. The molecule has 1 aromatic carbocycles. The zero-order chi connectivity index (χ0) is 16.2. The van der Waals surface area contributed by atoms with E-state index in [0.717, 1.165) is 31.5 Å². The Bertz CT molecular complexity index is 590. The van der Waals surface area contributed by atoms with Gasteiger partial charge >= 0.3 is 0 Å². The molecule has 2 fully saturated rings. The van der Waals surface area contributed by atoms with Crippen LogP contribution in [0, 0.1) is 0 Å². The fourth-order valence-corrected chi connectivity index (χ4v) is 3.25. The molecule has 2 N–H and O–H groups in total. The lowest BCUT2D eigenvalue weighted by molar-refractivity contribution is -0.128. The lowest BCUT2D eigenvalue weighted by Crippen LogP contribution is -2.51. The molecule has 2 heterocycles. The van der Waals surface area contributed by atoms with Gasteiger partial charge in [0, 0.05) is 6.54 Å². The largest absolute Gasteiger partial charge is 0.495 e. The van der Waals surface area contributed by atoms with Gasteiger partial charge in [0.1, 0.15) is 11.8 Å². The topological polar surface area (TPSA) is 70.7 Å². The Morgan fingerprint density at radius 3 is 2.79 bits per heavy atom. The van der Waals surface area contributed by atoms with Crippen LogP contribution < -0.4 is 20.3 Å². The van der Waals surface area contributed by atoms with E-state index in [1.165, 1.54) is 0 Å². The zero-order valence-electron chi connectivity index (χ0n) is 13.8. The SMILES string of the molecule is COc1ccccc1N1CCC(NC(=O)C2CCCCN2)C1=O.Cl. The second-order valence-corrected chi connectivity index (χ2v) is 6.01. The lowest BCUT2D eigenvalue weighted by atomic mass is 10.0. The molecule has 0 bridgehead atoms. The van der Waals surface area contributed by atoms with Crippen molar-refractivity contribution in [2.75, 3.05) is 25.1 Å². The molecule has 3 rings (SSSR count). The predicted molar refractivity (Wildman–Crippen MR) is 94.8 cm³/mol. The van der Waals surface area contributed by atoms with Crippen LogP contribution in [0.15, 0.2) is 24.3 Å². The second kappa shape index (κ2) is 8.35. The third-order valence-electron chi connectivity index (χ3n) is 4.52. The molecule has 2 aliphatic rings. The maximum atomic E-state index is 12.6. The number of amides is 2. The number of halogens is 1. The molecular formula is C17H24ClN3O3. The summed E-state index contributed by atoms with van der Waals surface area (Å²) < 4.78 is 5.33. The number of ether oxygens (including phenoxy) is 1. The van der Waals surface area contributed by atoms with Crippen molar-refractivity contribution in [2.45, 2.75) is 37.8 Å². The number of carbonyl (C=O) groups excluding carboxylic acids is 2. The van der Waals surface area contributed by atoms with Crippen molar-refractivity contribution >= 4 is 29.9 Å². The molecule has 2 amide bonds. The number of para-hydroxylation sites is 2. The van der Waals surface area contributed by atoms with E-state index in [1.807, 2.05) is 24.3 Å². The number of carbonyl (C=O) groups is 2. The van der Waals surface area contributed by atoms with Crippen molar-refractivity contribution in [3.63, 3.8) is 0 Å². The van der Waals surface area contributed by atoms with Gasteiger partial charge in [0.2, 0.25) is 11.8 Å². The lowest BCUT2D eigenvalue weighted by Gasteiger charge is -2.24. The Hall–Kier alpha value is -1.79. The van der Waals surface area contributed by atoms with Gasteiger partial charge in [0.25, 0.3) is 0 Å². The predicted octanol–water partition coefficient (Wildman–Crippen LogP) is 1.48. The molecule has 0 spiro atoms. The van der Waals surface area contributed by atoms with Crippen molar-refractivity contribution in [3.8, 4) is 5.75 Å². The highest BCUT2D eigenvalue weighted by Gasteiger charge is 2.36. The van der Waals surface area contributed by atoms with Crippen LogP contribution in [0.4, 0.5) is 5.69 Å². The van der Waals surface area contributed by atoms with Crippen molar-refractivity contribution in [3.05, 3.63) is 24.3 Å². The molecule has 0 radical (unpaired) electrons. The molecule has 7 heteroatoms. The average Bonchev–Trinajstić information content (AvgIpc) is 2.96. The Balaban J connectivity index is 0.00000208. The average molecular weight is 354 g/mol. The summed E-state index contributed by atoms with van der Waals surface area (Å²) in [6, 6.07) is 6.83. The van der Waals surface area contributed by atoms with Crippen molar-refractivity contribution in [1.82, 2.24) is 10.6 Å². The first-order chi connectivity index (χ1) is 11.2. The van der Waals surface area contributed by atoms with E-state index in [9.17, 15) is 9.59 Å². The number of anilines is 1. The fraction of sp³-hybridized carbons (Fsp3) is 0.529. The van der Waals surface area contributed by atoms with Crippen LogP contribution in [0.3, 0.4) is 0 Å². The highest BCUT2D eigenvalue weighted by Crippen LogP contribution is 2.31. The van der Waals surface area contributed by atoms with Crippen molar-refractivity contribution < 1.29 is 14.3 Å². The van der Waals surface area contributed by atoms with Gasteiger partial charge in [-0.1, -0.05) is 18.6 Å². The molecular weight excluding hydrogens is 330 g/mol. The third kappa shape index (κ3) is 3.82. The number of hydrogen-bond acceptors (Lipinski definition) is 4. The van der Waals surface area contributed by atoms with Gasteiger partial charge in [-0.05, 0) is 37.9 Å². The van der Waals surface area contributed by atoms with Gasteiger partial charge in [-0.15, -0.1) is 12.4 Å². The van der Waals surface area contributed by atoms with E-state index in [-0.39, 0.29) is 30.3 Å². The van der Waals surface area contributed by atoms with Gasteiger partial charge in [-0.2, -0.15) is 0 Å². The number of nitrogens with zero attached hydrogens (tertiary/aromatic N) is 1. The summed E-state index contributed by atoms with van der Waals surface area (Å²) in [5, 5.41) is 6.11. The fourth-order valence-electron chi connectivity index (χ4n) is 3.25. The minimum absolute atomic E-state index is 0. The first-order valence-electron chi connectivity index (χ1n) is 8.19. The molecule has 2 saturated heterocycles. The summed E-state index contributed by atoms with van der Waals surface area (Å²) in [4.78, 5) is 26.6. The minimum Gasteiger partial charge on any atom is -0.495 e. The van der Waals surface area contributed by atoms with E-state index in [2.05, 4.69) is 10.6 Å². The summed E-state index contributed by atoms with van der Waals surface area (Å²) in [6.07, 6.45) is 3.61. The molecule has 24 heavy (non-hydrogen) atoms. The van der Waals surface area contributed by atoms with Crippen LogP contribution in [0.2, 0.25) is 0 Å². The van der Waals surface area contributed by atoms with Gasteiger partial charge in [-0.3, -0.25) is 9.59 Å². The summed E-state index contributed by atoms with van der Waals surface area (Å²) in [6.45, 7) is 1.45. The summed E-state index contributed by atoms with van der Waals surface area (Å²) in [5.41, 5.74) is 0.757. The van der Waals surface area contributed by atoms with E-state index in [1.54, 1.807) is 12.0 Å². The number of piperidine rings is 1. The van der Waals surface area contributed by atoms with E-state index >= 15 is 0 Å². The van der Waals surface area contributed by atoms with Crippen LogP contribution in [0.25, 0.3) is 0 Å². The maximum absolute atomic E-state index is 12.6. The number of nitrogens with one attached hydrogen (secondary N) is 2. The van der Waals surface area contributed by atoms with Crippen LogP contribution >= 0.6 is 12.4 Å². The van der Waals surface area contributed by atoms with Crippen molar-refractivity contribution in [2.24, 2.45) is 0 Å². The van der Waals surface area contributed by atoms with Gasteiger partial charge < -0.3 is 20.3 Å². The standard InChI is InChI=1S/C17H23N3O3.ClH/c1-23-15-8-3-2-7-14(15)20-11-9-13(17(20)22)19-16(21)12-6-4-5-10-18-12;/h2-3,7-8,12-13,18H,4-6,9-11H2,1H3,(H,19,21);1H. The van der Waals surface area contributed by atoms with Crippen LogP contribution in [0.1, 0.15) is 25.7 Å². The van der Waals surface area contributed by atoms with Gasteiger partial charge in [0.15, 0.2) is 0 Å². The van der Waals surface area contributed by atoms with E-state index in [4.69, 9.17) is 4.74 Å². The molecule has 6 nitrogen and oxygen atoms in total. The van der Waals surface area contributed by atoms with Gasteiger partial charge in [0.05, 0.1) is 18.8 Å². The van der Waals surface area contributed by atoms with Crippen LogP contribution in [0.5, 0.6) is 5.75 Å². The number of methoxy groups -OCH3 is 1. The molecule has 0 saturated carbocycles. The smallest absolute Gasteiger partial charge is 0.249 e. The Kier molecular flexibility index (Phi) is 6.45. The minimum atomic E-state index is -0.448. The van der Waals surface area contributed by atoms with E-state index in [0.29, 0.717) is 18.7 Å². The number of rotatable bonds is 4. The van der Waals surface area contributed by atoms with E-state index < -0.39 is 6.04 Å². The Morgan fingerprint density at radius 2 is 2.08 bits per heavy atom. The van der Waals surface area contributed by atoms with Crippen LogP contribution in [-0.4, -0.2) is 44.1 Å². The van der Waals surface area contributed by atoms with Gasteiger partial charge in [-0.25, -0.2) is 0 Å². The molecule has 2 aliphatic heterocycles. The molecule has 1 aromatic rings. The summed E-state index contributed by atoms with van der Waals surface area (Å²) in [5.74, 6) is 0.533. The third-order valence-corrected chi connectivity index (χ3v) is 4.52. The molecule has 2 atom stereocenters. The summed E-state index contributed by atoms with van der Waals surface area (Å²) in [7, 11) is 1.59. The molecule has 2 unspecified atom stereocenters. The Labute approximate surface area is 148 Å². The first kappa shape index (κ1) is 18.5. The Morgan fingerprint density at radius 1 is 1.29 bits per heavy atom. The first-order valence-corrected chi connectivity index (χ1v) is 8.19. The molecule has 0 aromatic heterocycles. The maximum Gasteiger partial charge on any atom is 0.249 e. The van der Waals surface area contributed by atoms with Crippen LogP contribution in [-0.2, 0) is 9.59 Å². The highest BCUT2D eigenvalue weighted by molar-refractivity contribution is 6.02. The monoisotopic (exact) mass is 353 g/mol. The molecule has 132 valence electrons. The highest BCUT2D eigenvalue weighted by atomic mass is 35.5.